The van der Waals surface area contributed by atoms with E-state index < -0.39 is 5.97 Å². The standard InChI is InChI=1S/C9H11NO2S/c11-9(12)4-6-13-7-8-3-1-2-5-10-8/h1-3,5H,4,6-7H2,(H,11,12). The van der Waals surface area contributed by atoms with Gasteiger partial charge in [0.15, 0.2) is 0 Å². The monoisotopic (exact) mass is 197 g/mol. The zero-order chi connectivity index (χ0) is 9.52. The Balaban J connectivity index is 2.17. The van der Waals surface area contributed by atoms with Gasteiger partial charge in [0.05, 0.1) is 12.1 Å². The van der Waals surface area contributed by atoms with Crippen LogP contribution in [0.1, 0.15) is 12.1 Å². The summed E-state index contributed by atoms with van der Waals surface area (Å²) in [6.45, 7) is 0. The van der Waals surface area contributed by atoms with Gasteiger partial charge in [0.25, 0.3) is 0 Å². The average molecular weight is 197 g/mol. The third kappa shape index (κ3) is 4.52. The highest BCUT2D eigenvalue weighted by Crippen LogP contribution is 2.10. The van der Waals surface area contributed by atoms with Gasteiger partial charge in [0.1, 0.15) is 0 Å². The van der Waals surface area contributed by atoms with Crippen molar-refractivity contribution < 1.29 is 9.90 Å². The second-order valence-corrected chi connectivity index (χ2v) is 3.62. The second-order valence-electron chi connectivity index (χ2n) is 2.52. The highest BCUT2D eigenvalue weighted by atomic mass is 32.2. The fraction of sp³-hybridized carbons (Fsp3) is 0.333. The molecule has 0 unspecified atom stereocenters. The topological polar surface area (TPSA) is 50.2 Å². The molecule has 0 atom stereocenters. The first-order valence-corrected chi connectivity index (χ1v) is 5.14. The maximum absolute atomic E-state index is 10.2. The Labute approximate surface area is 81.2 Å². The van der Waals surface area contributed by atoms with E-state index in [1.54, 1.807) is 18.0 Å². The molecule has 1 N–H and O–H groups in total. The van der Waals surface area contributed by atoms with Crippen LogP contribution in [0.15, 0.2) is 24.4 Å². The van der Waals surface area contributed by atoms with Gasteiger partial charge in [-0.05, 0) is 12.1 Å². The molecule has 3 nitrogen and oxygen atoms in total. The zero-order valence-corrected chi connectivity index (χ0v) is 7.96. The molecule has 0 aliphatic heterocycles. The number of carboxylic acid groups (broad SMARTS) is 1. The van der Waals surface area contributed by atoms with Crippen LogP contribution in [-0.4, -0.2) is 21.8 Å². The van der Waals surface area contributed by atoms with Gasteiger partial charge in [-0.3, -0.25) is 9.78 Å². The molecule has 0 amide bonds. The SMILES string of the molecule is O=C(O)CCSCc1ccccn1. The highest BCUT2D eigenvalue weighted by molar-refractivity contribution is 7.98. The van der Waals surface area contributed by atoms with Gasteiger partial charge >= 0.3 is 5.97 Å². The molecular weight excluding hydrogens is 186 g/mol. The number of hydrogen-bond acceptors (Lipinski definition) is 3. The maximum atomic E-state index is 10.2. The predicted octanol–water partition coefficient (Wildman–Crippen LogP) is 1.79. The Kier molecular flexibility index (Phi) is 4.32. The highest BCUT2D eigenvalue weighted by Gasteiger charge is 1.97. The lowest BCUT2D eigenvalue weighted by Gasteiger charge is -1.98. The number of carbonyl (C=O) groups is 1. The van der Waals surface area contributed by atoms with Crippen molar-refractivity contribution in [3.05, 3.63) is 30.1 Å². The van der Waals surface area contributed by atoms with E-state index in [1.165, 1.54) is 0 Å². The van der Waals surface area contributed by atoms with Crippen molar-refractivity contribution in [3.63, 3.8) is 0 Å². The van der Waals surface area contributed by atoms with E-state index in [4.69, 9.17) is 5.11 Å². The van der Waals surface area contributed by atoms with Crippen LogP contribution in [0.25, 0.3) is 0 Å². The molecule has 1 aromatic heterocycles. The molecule has 70 valence electrons. The van der Waals surface area contributed by atoms with Gasteiger partial charge < -0.3 is 5.11 Å². The number of aliphatic carboxylic acids is 1. The zero-order valence-electron chi connectivity index (χ0n) is 7.14. The smallest absolute Gasteiger partial charge is 0.304 e. The molecule has 0 saturated heterocycles. The summed E-state index contributed by atoms with van der Waals surface area (Å²) in [6.07, 6.45) is 1.96. The van der Waals surface area contributed by atoms with E-state index in [1.807, 2.05) is 18.2 Å². The molecule has 0 aliphatic carbocycles. The summed E-state index contributed by atoms with van der Waals surface area (Å²) >= 11 is 1.59. The third-order valence-corrected chi connectivity index (χ3v) is 2.43. The van der Waals surface area contributed by atoms with E-state index in [0.29, 0.717) is 5.75 Å². The first kappa shape index (κ1) is 10.1. The number of hydrogen-bond donors (Lipinski definition) is 1. The Hall–Kier alpha value is -1.03. The third-order valence-electron chi connectivity index (χ3n) is 1.44. The first-order chi connectivity index (χ1) is 6.29. The molecule has 0 spiro atoms. The number of rotatable bonds is 5. The molecule has 1 heterocycles. The van der Waals surface area contributed by atoms with Gasteiger partial charge in [-0.15, -0.1) is 0 Å². The van der Waals surface area contributed by atoms with Crippen LogP contribution < -0.4 is 0 Å². The first-order valence-electron chi connectivity index (χ1n) is 3.98. The van der Waals surface area contributed by atoms with Gasteiger partial charge in [-0.25, -0.2) is 0 Å². The summed E-state index contributed by atoms with van der Waals surface area (Å²) in [5.74, 6) is 0.688. The number of nitrogens with zero attached hydrogens (tertiary/aromatic N) is 1. The van der Waals surface area contributed by atoms with Gasteiger partial charge in [0.2, 0.25) is 0 Å². The molecule has 0 saturated carbocycles. The van der Waals surface area contributed by atoms with Crippen LogP contribution in [0.2, 0.25) is 0 Å². The lowest BCUT2D eigenvalue weighted by atomic mass is 10.4. The van der Waals surface area contributed by atoms with Crippen LogP contribution >= 0.6 is 11.8 Å². The largest absolute Gasteiger partial charge is 0.481 e. The van der Waals surface area contributed by atoms with Crippen molar-refractivity contribution in [3.8, 4) is 0 Å². The Morgan fingerprint density at radius 3 is 3.00 bits per heavy atom. The van der Waals surface area contributed by atoms with Crippen LogP contribution in [0, 0.1) is 0 Å². The van der Waals surface area contributed by atoms with Crippen LogP contribution in [0.5, 0.6) is 0 Å². The lowest BCUT2D eigenvalue weighted by molar-refractivity contribution is -0.136. The van der Waals surface area contributed by atoms with E-state index in [0.717, 1.165) is 11.4 Å². The summed E-state index contributed by atoms with van der Waals surface area (Å²) in [6, 6.07) is 5.74. The summed E-state index contributed by atoms with van der Waals surface area (Å²) < 4.78 is 0. The van der Waals surface area contributed by atoms with Crippen LogP contribution in [0.3, 0.4) is 0 Å². The van der Waals surface area contributed by atoms with Crippen molar-refractivity contribution in [2.45, 2.75) is 12.2 Å². The molecular formula is C9H11NO2S. The van der Waals surface area contributed by atoms with Gasteiger partial charge in [0, 0.05) is 17.7 Å². The quantitative estimate of drug-likeness (QED) is 0.731. The normalized spacial score (nSPS) is 9.85. The fourth-order valence-corrected chi connectivity index (χ4v) is 1.66. The maximum Gasteiger partial charge on any atom is 0.304 e. The van der Waals surface area contributed by atoms with E-state index in [9.17, 15) is 4.79 Å². The van der Waals surface area contributed by atoms with Crippen molar-refractivity contribution in [2.24, 2.45) is 0 Å². The average Bonchev–Trinajstić information content (AvgIpc) is 2.14. The summed E-state index contributed by atoms with van der Waals surface area (Å²) in [4.78, 5) is 14.3. The molecule has 0 fully saturated rings. The van der Waals surface area contributed by atoms with E-state index in [2.05, 4.69) is 4.98 Å². The molecule has 0 radical (unpaired) electrons. The predicted molar refractivity (Wildman–Crippen MR) is 52.7 cm³/mol. The second kappa shape index (κ2) is 5.59. The molecule has 1 aromatic rings. The minimum absolute atomic E-state index is 0.220. The Morgan fingerprint density at radius 2 is 2.38 bits per heavy atom. The number of pyridine rings is 1. The van der Waals surface area contributed by atoms with Crippen LogP contribution in [-0.2, 0) is 10.5 Å². The minimum Gasteiger partial charge on any atom is -0.481 e. The number of thioether (sulfide) groups is 1. The van der Waals surface area contributed by atoms with Crippen LogP contribution in [0.4, 0.5) is 0 Å². The Bertz CT molecular complexity index is 264. The van der Waals surface area contributed by atoms with Gasteiger partial charge in [-0.1, -0.05) is 6.07 Å². The van der Waals surface area contributed by atoms with Crippen molar-refractivity contribution in [2.75, 3.05) is 5.75 Å². The fourth-order valence-electron chi connectivity index (χ4n) is 0.820. The van der Waals surface area contributed by atoms with Crippen molar-refractivity contribution in [1.29, 1.82) is 0 Å². The lowest BCUT2D eigenvalue weighted by Crippen LogP contribution is -1.96. The van der Waals surface area contributed by atoms with Gasteiger partial charge in [-0.2, -0.15) is 11.8 Å². The summed E-state index contributed by atoms with van der Waals surface area (Å²) in [5.41, 5.74) is 0.998. The van der Waals surface area contributed by atoms with Crippen molar-refractivity contribution in [1.82, 2.24) is 4.98 Å². The van der Waals surface area contributed by atoms with Crippen molar-refractivity contribution >= 4 is 17.7 Å². The minimum atomic E-state index is -0.742. The Morgan fingerprint density at radius 1 is 1.54 bits per heavy atom. The molecule has 0 bridgehead atoms. The number of aromatic nitrogens is 1. The van der Waals surface area contributed by atoms with E-state index >= 15 is 0 Å². The molecule has 0 aliphatic rings. The number of carboxylic acids is 1. The molecule has 13 heavy (non-hydrogen) atoms. The van der Waals surface area contributed by atoms with E-state index in [-0.39, 0.29) is 6.42 Å². The summed E-state index contributed by atoms with van der Waals surface area (Å²) in [7, 11) is 0. The molecule has 0 aromatic carbocycles. The molecule has 1 rings (SSSR count). The summed E-state index contributed by atoms with van der Waals surface area (Å²) in [5, 5.41) is 8.38. The molecule has 4 heteroatoms.